The second-order valence-electron chi connectivity index (χ2n) is 6.21. The Balaban J connectivity index is 1.86. The molecule has 2 aromatic rings. The summed E-state index contributed by atoms with van der Waals surface area (Å²) in [5, 5.41) is 1.14. The molecule has 1 saturated heterocycles. The Morgan fingerprint density at radius 2 is 1.95 bits per heavy atom. The zero-order valence-electron chi connectivity index (χ0n) is 13.3. The molecule has 0 atom stereocenters. The third kappa shape index (κ3) is 2.83. The number of carbonyl (C=O) groups excluding carboxylic acids is 1. The van der Waals surface area contributed by atoms with Crippen molar-refractivity contribution in [2.75, 3.05) is 13.1 Å². The lowest BCUT2D eigenvalue weighted by Gasteiger charge is -2.30. The predicted octanol–water partition coefficient (Wildman–Crippen LogP) is 2.34. The first-order valence-corrected chi connectivity index (χ1v) is 7.94. The first kappa shape index (κ1) is 15.0. The zero-order chi connectivity index (χ0) is 15.7. The molecule has 0 saturated carbocycles. The number of nitrogens with zero attached hydrogens (tertiary/aromatic N) is 2. The number of hydrogen-bond donors (Lipinski definition) is 1. The predicted molar refractivity (Wildman–Crippen MR) is 88.7 cm³/mol. The molecule has 0 radical (unpaired) electrons. The average molecular weight is 297 g/mol. The van der Waals surface area contributed by atoms with Crippen molar-refractivity contribution in [1.29, 1.82) is 0 Å². The van der Waals surface area contributed by atoms with Crippen molar-refractivity contribution in [1.82, 2.24) is 9.88 Å². The van der Waals surface area contributed by atoms with E-state index in [-0.39, 0.29) is 11.9 Å². The van der Waals surface area contributed by atoms with Gasteiger partial charge >= 0.3 is 0 Å². The van der Waals surface area contributed by atoms with E-state index >= 15 is 0 Å². The highest BCUT2D eigenvalue weighted by Crippen LogP contribution is 2.23. The van der Waals surface area contributed by atoms with Gasteiger partial charge in [-0.15, -0.1) is 0 Å². The van der Waals surface area contributed by atoms with E-state index in [0.29, 0.717) is 6.42 Å². The van der Waals surface area contributed by atoms with Crippen LogP contribution < -0.4 is 5.73 Å². The highest BCUT2D eigenvalue weighted by molar-refractivity contribution is 5.86. The van der Waals surface area contributed by atoms with Gasteiger partial charge in [-0.3, -0.25) is 9.78 Å². The van der Waals surface area contributed by atoms with Crippen LogP contribution in [0.4, 0.5) is 0 Å². The highest BCUT2D eigenvalue weighted by atomic mass is 16.2. The summed E-state index contributed by atoms with van der Waals surface area (Å²) in [6.07, 6.45) is 2.24. The molecule has 3 rings (SSSR count). The van der Waals surface area contributed by atoms with Crippen LogP contribution in [-0.4, -0.2) is 34.9 Å². The first-order chi connectivity index (χ1) is 10.6. The summed E-state index contributed by atoms with van der Waals surface area (Å²) < 4.78 is 0. The van der Waals surface area contributed by atoms with Gasteiger partial charge < -0.3 is 10.6 Å². The summed E-state index contributed by atoms with van der Waals surface area (Å²) in [5.74, 6) is 0.190. The third-order valence-corrected chi connectivity index (χ3v) is 4.71. The standard InChI is InChI=1S/C18H23N3O/c1-12-15-5-3-4-6-17(15)20-13(2)16(12)11-18(22)21-9-7-14(19)8-10-21/h3-6,14H,7-11,19H2,1-2H3. The Morgan fingerprint density at radius 1 is 1.27 bits per heavy atom. The van der Waals surface area contributed by atoms with Crippen LogP contribution in [0, 0.1) is 13.8 Å². The maximum Gasteiger partial charge on any atom is 0.227 e. The topological polar surface area (TPSA) is 59.2 Å². The zero-order valence-corrected chi connectivity index (χ0v) is 13.3. The number of benzene rings is 1. The minimum absolute atomic E-state index is 0.190. The summed E-state index contributed by atoms with van der Waals surface area (Å²) in [6.45, 7) is 5.64. The van der Waals surface area contributed by atoms with E-state index in [1.54, 1.807) is 0 Å². The van der Waals surface area contributed by atoms with Gasteiger partial charge in [0.15, 0.2) is 0 Å². The lowest BCUT2D eigenvalue weighted by molar-refractivity contribution is -0.131. The molecule has 4 nitrogen and oxygen atoms in total. The molecule has 0 aliphatic carbocycles. The fourth-order valence-electron chi connectivity index (χ4n) is 3.24. The van der Waals surface area contributed by atoms with Gasteiger partial charge in [0.2, 0.25) is 5.91 Å². The van der Waals surface area contributed by atoms with E-state index in [1.165, 1.54) is 5.56 Å². The van der Waals surface area contributed by atoms with Crippen LogP contribution in [0.2, 0.25) is 0 Å². The molecule has 0 unspecified atom stereocenters. The van der Waals surface area contributed by atoms with Crippen LogP contribution in [0.1, 0.15) is 29.7 Å². The molecule has 2 heterocycles. The number of carbonyl (C=O) groups is 1. The van der Waals surface area contributed by atoms with E-state index in [2.05, 4.69) is 18.0 Å². The van der Waals surface area contributed by atoms with Crippen LogP contribution in [0.5, 0.6) is 0 Å². The van der Waals surface area contributed by atoms with Gasteiger partial charge in [-0.25, -0.2) is 0 Å². The van der Waals surface area contributed by atoms with Gasteiger partial charge in [0.25, 0.3) is 0 Å². The molecule has 1 amide bonds. The Kier molecular flexibility index (Phi) is 4.12. The smallest absolute Gasteiger partial charge is 0.227 e. The van der Waals surface area contributed by atoms with E-state index in [4.69, 9.17) is 5.73 Å². The second-order valence-corrected chi connectivity index (χ2v) is 6.21. The lowest BCUT2D eigenvalue weighted by atomic mass is 9.98. The van der Waals surface area contributed by atoms with Crippen LogP contribution in [0.15, 0.2) is 24.3 Å². The van der Waals surface area contributed by atoms with E-state index < -0.39 is 0 Å². The summed E-state index contributed by atoms with van der Waals surface area (Å²) in [6, 6.07) is 8.35. The summed E-state index contributed by atoms with van der Waals surface area (Å²) in [5.41, 5.74) is 10.1. The van der Waals surface area contributed by atoms with Crippen molar-refractivity contribution in [2.24, 2.45) is 5.73 Å². The van der Waals surface area contributed by atoms with Crippen molar-refractivity contribution in [3.8, 4) is 0 Å². The Morgan fingerprint density at radius 3 is 2.68 bits per heavy atom. The molecule has 2 N–H and O–H groups in total. The molecule has 1 aromatic carbocycles. The number of pyridine rings is 1. The van der Waals surface area contributed by atoms with E-state index in [9.17, 15) is 4.79 Å². The number of aryl methyl sites for hydroxylation is 2. The largest absolute Gasteiger partial charge is 0.342 e. The lowest BCUT2D eigenvalue weighted by Crippen LogP contribution is -2.43. The fraction of sp³-hybridized carbons (Fsp3) is 0.444. The highest BCUT2D eigenvalue weighted by Gasteiger charge is 2.22. The maximum absolute atomic E-state index is 12.6. The number of para-hydroxylation sites is 1. The molecule has 116 valence electrons. The Bertz CT molecular complexity index is 703. The van der Waals surface area contributed by atoms with Crippen molar-refractivity contribution in [2.45, 2.75) is 39.2 Å². The number of likely N-dealkylation sites (tertiary alicyclic amines) is 1. The number of fused-ring (bicyclic) bond motifs is 1. The average Bonchev–Trinajstić information content (AvgIpc) is 2.52. The Labute approximate surface area is 131 Å². The van der Waals surface area contributed by atoms with Crippen molar-refractivity contribution in [3.63, 3.8) is 0 Å². The van der Waals surface area contributed by atoms with Crippen molar-refractivity contribution in [3.05, 3.63) is 41.1 Å². The van der Waals surface area contributed by atoms with Gasteiger partial charge in [0.1, 0.15) is 0 Å². The molecule has 0 bridgehead atoms. The monoisotopic (exact) mass is 297 g/mol. The van der Waals surface area contributed by atoms with Gasteiger partial charge in [-0.05, 0) is 43.9 Å². The van der Waals surface area contributed by atoms with Crippen molar-refractivity contribution < 1.29 is 4.79 Å². The number of aromatic nitrogens is 1. The second kappa shape index (κ2) is 6.05. The molecule has 22 heavy (non-hydrogen) atoms. The van der Waals surface area contributed by atoms with Gasteiger partial charge in [-0.2, -0.15) is 0 Å². The molecule has 1 fully saturated rings. The molecular weight excluding hydrogens is 274 g/mol. The van der Waals surface area contributed by atoms with Crippen LogP contribution in [0.25, 0.3) is 10.9 Å². The Hall–Kier alpha value is -1.94. The first-order valence-electron chi connectivity index (χ1n) is 7.94. The molecule has 1 aromatic heterocycles. The maximum atomic E-state index is 12.6. The molecule has 4 heteroatoms. The third-order valence-electron chi connectivity index (χ3n) is 4.71. The number of amides is 1. The number of rotatable bonds is 2. The molecular formula is C18H23N3O. The van der Waals surface area contributed by atoms with Crippen LogP contribution >= 0.6 is 0 Å². The van der Waals surface area contributed by atoms with Crippen LogP contribution in [-0.2, 0) is 11.2 Å². The normalized spacial score (nSPS) is 16.2. The SMILES string of the molecule is Cc1nc2ccccc2c(C)c1CC(=O)N1CCC(N)CC1. The number of piperidine rings is 1. The van der Waals surface area contributed by atoms with Crippen LogP contribution in [0.3, 0.4) is 0 Å². The van der Waals surface area contributed by atoms with Crippen molar-refractivity contribution >= 4 is 16.8 Å². The van der Waals surface area contributed by atoms with Gasteiger partial charge in [0.05, 0.1) is 11.9 Å². The fourth-order valence-corrected chi connectivity index (χ4v) is 3.24. The summed E-state index contributed by atoms with van der Waals surface area (Å²) in [4.78, 5) is 19.2. The van der Waals surface area contributed by atoms with Gasteiger partial charge in [-0.1, -0.05) is 18.2 Å². The number of nitrogens with two attached hydrogens (primary N) is 1. The summed E-state index contributed by atoms with van der Waals surface area (Å²) in [7, 11) is 0. The number of hydrogen-bond acceptors (Lipinski definition) is 3. The molecule has 1 aliphatic rings. The quantitative estimate of drug-likeness (QED) is 0.925. The minimum atomic E-state index is 0.190. The van der Waals surface area contributed by atoms with E-state index in [1.807, 2.05) is 30.0 Å². The van der Waals surface area contributed by atoms with E-state index in [0.717, 1.165) is 48.1 Å². The summed E-state index contributed by atoms with van der Waals surface area (Å²) >= 11 is 0. The molecule has 0 spiro atoms. The molecule has 1 aliphatic heterocycles. The van der Waals surface area contributed by atoms with Gasteiger partial charge in [0, 0.05) is 30.2 Å². The minimum Gasteiger partial charge on any atom is -0.342 e.